The first-order valence-electron chi connectivity index (χ1n) is 5.84. The first-order valence-corrected chi connectivity index (χ1v) is 5.84. The Morgan fingerprint density at radius 1 is 0.947 bits per heavy atom. The Kier molecular flexibility index (Phi) is 3.79. The molecular formula is C13H16N4O2. The minimum absolute atomic E-state index is 0.196. The van der Waals surface area contributed by atoms with Gasteiger partial charge < -0.3 is 14.8 Å². The monoisotopic (exact) mass is 260 g/mol. The second-order valence-electron chi connectivity index (χ2n) is 4.10. The number of hydrogen-bond donors (Lipinski definition) is 1. The summed E-state index contributed by atoms with van der Waals surface area (Å²) in [6.07, 6.45) is 0. The molecule has 0 radical (unpaired) electrons. The van der Waals surface area contributed by atoms with Crippen LogP contribution in [-0.2, 0) is 0 Å². The van der Waals surface area contributed by atoms with E-state index in [0.29, 0.717) is 11.7 Å². The van der Waals surface area contributed by atoms with E-state index in [1.165, 1.54) is 7.11 Å². The van der Waals surface area contributed by atoms with Crippen LogP contribution in [0.25, 0.3) is 0 Å². The van der Waals surface area contributed by atoms with E-state index in [0.717, 1.165) is 11.1 Å². The number of anilines is 1. The van der Waals surface area contributed by atoms with Crippen LogP contribution in [0.2, 0.25) is 0 Å². The van der Waals surface area contributed by atoms with Crippen LogP contribution in [-0.4, -0.2) is 29.1 Å². The van der Waals surface area contributed by atoms with Gasteiger partial charge in [-0.3, -0.25) is 0 Å². The molecule has 1 heterocycles. The van der Waals surface area contributed by atoms with Crippen molar-refractivity contribution >= 4 is 5.95 Å². The Morgan fingerprint density at radius 3 is 2.16 bits per heavy atom. The number of methoxy groups -OCH3 is 1. The third kappa shape index (κ3) is 3.31. The van der Waals surface area contributed by atoms with Crippen molar-refractivity contribution in [2.24, 2.45) is 0 Å². The highest BCUT2D eigenvalue weighted by Gasteiger charge is 2.08. The van der Waals surface area contributed by atoms with E-state index in [-0.39, 0.29) is 12.0 Å². The van der Waals surface area contributed by atoms with E-state index in [1.807, 2.05) is 26.0 Å². The van der Waals surface area contributed by atoms with Gasteiger partial charge in [-0.05, 0) is 37.1 Å². The van der Waals surface area contributed by atoms with Crippen molar-refractivity contribution in [3.8, 4) is 17.8 Å². The fraction of sp³-hybridized carbons (Fsp3) is 0.308. The highest BCUT2D eigenvalue weighted by molar-refractivity contribution is 5.35. The molecular weight excluding hydrogens is 244 g/mol. The van der Waals surface area contributed by atoms with Crippen LogP contribution in [0.3, 0.4) is 0 Å². The summed E-state index contributed by atoms with van der Waals surface area (Å²) in [5, 5.41) is 2.83. The largest absolute Gasteiger partial charge is 0.467 e. The lowest BCUT2D eigenvalue weighted by Gasteiger charge is -2.08. The molecule has 0 atom stereocenters. The summed E-state index contributed by atoms with van der Waals surface area (Å²) in [6, 6.07) is 6.31. The molecule has 0 aliphatic heterocycles. The molecule has 1 N–H and O–H groups in total. The lowest BCUT2D eigenvalue weighted by Crippen LogP contribution is -2.03. The normalized spacial score (nSPS) is 10.1. The van der Waals surface area contributed by atoms with Crippen LogP contribution >= 0.6 is 0 Å². The minimum atomic E-state index is 0.196. The molecule has 6 nitrogen and oxygen atoms in total. The predicted molar refractivity (Wildman–Crippen MR) is 71.9 cm³/mol. The molecule has 0 unspecified atom stereocenters. The number of aryl methyl sites for hydroxylation is 2. The van der Waals surface area contributed by atoms with E-state index < -0.39 is 0 Å². The summed E-state index contributed by atoms with van der Waals surface area (Å²) in [4.78, 5) is 12.2. The topological polar surface area (TPSA) is 69.2 Å². The van der Waals surface area contributed by atoms with Gasteiger partial charge >= 0.3 is 12.0 Å². The molecule has 2 rings (SSSR count). The maximum atomic E-state index is 5.64. The van der Waals surface area contributed by atoms with Gasteiger partial charge in [0.25, 0.3) is 0 Å². The van der Waals surface area contributed by atoms with Crippen molar-refractivity contribution in [1.29, 1.82) is 0 Å². The van der Waals surface area contributed by atoms with Crippen LogP contribution < -0.4 is 14.8 Å². The van der Waals surface area contributed by atoms with Crippen molar-refractivity contribution in [3.05, 3.63) is 29.3 Å². The Bertz CT molecular complexity index is 544. The zero-order valence-electron chi connectivity index (χ0n) is 11.4. The van der Waals surface area contributed by atoms with Gasteiger partial charge in [0.15, 0.2) is 0 Å². The van der Waals surface area contributed by atoms with Gasteiger partial charge in [-0.25, -0.2) is 0 Å². The first-order chi connectivity index (χ1) is 9.10. The second kappa shape index (κ2) is 5.51. The van der Waals surface area contributed by atoms with Crippen LogP contribution in [0, 0.1) is 13.8 Å². The van der Waals surface area contributed by atoms with Gasteiger partial charge in [-0.1, -0.05) is 6.07 Å². The third-order valence-electron chi connectivity index (χ3n) is 2.40. The molecule has 6 heteroatoms. The molecule has 0 aliphatic carbocycles. The van der Waals surface area contributed by atoms with E-state index in [2.05, 4.69) is 26.3 Å². The Labute approximate surface area is 111 Å². The van der Waals surface area contributed by atoms with Crippen molar-refractivity contribution in [1.82, 2.24) is 15.0 Å². The van der Waals surface area contributed by atoms with E-state index in [1.54, 1.807) is 7.05 Å². The molecule has 0 bridgehead atoms. The summed E-state index contributed by atoms with van der Waals surface area (Å²) in [7, 11) is 3.21. The summed E-state index contributed by atoms with van der Waals surface area (Å²) in [6.45, 7) is 4.01. The Morgan fingerprint density at radius 2 is 1.58 bits per heavy atom. The Balaban J connectivity index is 2.31. The Hall–Kier alpha value is -2.37. The van der Waals surface area contributed by atoms with Crippen LogP contribution in [0.1, 0.15) is 11.1 Å². The summed E-state index contributed by atoms with van der Waals surface area (Å²) >= 11 is 0. The second-order valence-corrected chi connectivity index (χ2v) is 4.10. The first kappa shape index (κ1) is 13.1. The summed E-state index contributed by atoms with van der Waals surface area (Å²) < 4.78 is 10.6. The number of nitrogens with one attached hydrogen (secondary N) is 1. The number of nitrogens with zero attached hydrogens (tertiary/aromatic N) is 3. The number of aromatic nitrogens is 3. The molecule has 1 aromatic carbocycles. The molecule has 0 saturated heterocycles. The lowest BCUT2D eigenvalue weighted by atomic mass is 10.1. The molecule has 2 aromatic rings. The average Bonchev–Trinajstić information content (AvgIpc) is 2.37. The van der Waals surface area contributed by atoms with Gasteiger partial charge in [0.2, 0.25) is 5.95 Å². The van der Waals surface area contributed by atoms with Gasteiger partial charge in [0.1, 0.15) is 5.75 Å². The fourth-order valence-electron chi connectivity index (χ4n) is 1.68. The molecule has 0 fully saturated rings. The van der Waals surface area contributed by atoms with E-state index in [4.69, 9.17) is 9.47 Å². The van der Waals surface area contributed by atoms with Gasteiger partial charge in [-0.2, -0.15) is 9.97 Å². The van der Waals surface area contributed by atoms with Gasteiger partial charge in [-0.15, -0.1) is 4.98 Å². The maximum absolute atomic E-state index is 5.64. The molecule has 100 valence electrons. The highest BCUT2D eigenvalue weighted by atomic mass is 16.5. The number of rotatable bonds is 4. The van der Waals surface area contributed by atoms with Crippen molar-refractivity contribution in [2.45, 2.75) is 13.8 Å². The van der Waals surface area contributed by atoms with Gasteiger partial charge in [0, 0.05) is 7.05 Å². The van der Waals surface area contributed by atoms with Crippen LogP contribution in [0.15, 0.2) is 18.2 Å². The minimum Gasteiger partial charge on any atom is -0.467 e. The number of hydrogen-bond acceptors (Lipinski definition) is 6. The zero-order valence-corrected chi connectivity index (χ0v) is 11.4. The smallest absolute Gasteiger partial charge is 0.330 e. The van der Waals surface area contributed by atoms with E-state index in [9.17, 15) is 0 Å². The summed E-state index contributed by atoms with van der Waals surface area (Å²) in [5.41, 5.74) is 2.23. The molecule has 19 heavy (non-hydrogen) atoms. The van der Waals surface area contributed by atoms with Crippen LogP contribution in [0.5, 0.6) is 17.8 Å². The van der Waals surface area contributed by atoms with Crippen molar-refractivity contribution in [3.63, 3.8) is 0 Å². The predicted octanol–water partition coefficient (Wildman–Crippen LogP) is 2.33. The van der Waals surface area contributed by atoms with Crippen molar-refractivity contribution in [2.75, 3.05) is 19.5 Å². The standard InChI is InChI=1S/C13H16N4O2/c1-8-5-9(2)7-10(6-8)19-13-16-11(14-3)15-12(17-13)18-4/h5-7H,1-4H3,(H,14,15,16,17). The highest BCUT2D eigenvalue weighted by Crippen LogP contribution is 2.22. The SMILES string of the molecule is CNc1nc(OC)nc(Oc2cc(C)cc(C)c2)n1. The summed E-state index contributed by atoms with van der Waals surface area (Å²) in [5.74, 6) is 1.08. The third-order valence-corrected chi connectivity index (χ3v) is 2.40. The molecule has 1 aromatic heterocycles. The average molecular weight is 260 g/mol. The quantitative estimate of drug-likeness (QED) is 0.909. The van der Waals surface area contributed by atoms with Gasteiger partial charge in [0.05, 0.1) is 7.11 Å². The lowest BCUT2D eigenvalue weighted by molar-refractivity contribution is 0.360. The van der Waals surface area contributed by atoms with E-state index >= 15 is 0 Å². The molecule has 0 amide bonds. The number of ether oxygens (including phenoxy) is 2. The molecule has 0 saturated carbocycles. The van der Waals surface area contributed by atoms with Crippen molar-refractivity contribution < 1.29 is 9.47 Å². The van der Waals surface area contributed by atoms with Crippen LogP contribution in [0.4, 0.5) is 5.95 Å². The molecule has 0 aliphatic rings. The number of benzene rings is 1. The maximum Gasteiger partial charge on any atom is 0.330 e. The zero-order chi connectivity index (χ0) is 13.8. The molecule has 0 spiro atoms. The fourth-order valence-corrected chi connectivity index (χ4v) is 1.68.